The topological polar surface area (TPSA) is 75.4 Å². The van der Waals surface area contributed by atoms with Gasteiger partial charge in [0.15, 0.2) is 0 Å². The summed E-state index contributed by atoms with van der Waals surface area (Å²) in [5.74, 6) is 1.62. The Balaban J connectivity index is 1.19. The summed E-state index contributed by atoms with van der Waals surface area (Å²) in [7, 11) is 0. The second-order valence-corrected chi connectivity index (χ2v) is 8.05. The lowest BCUT2D eigenvalue weighted by molar-refractivity contribution is -0.120. The van der Waals surface area contributed by atoms with Crippen LogP contribution >= 0.6 is 11.6 Å². The van der Waals surface area contributed by atoms with E-state index in [1.54, 1.807) is 12.4 Å². The Bertz CT molecular complexity index is 1160. The third kappa shape index (κ3) is 4.22. The van der Waals surface area contributed by atoms with Crippen LogP contribution in [0, 0.1) is 5.92 Å². The number of pyridine rings is 1. The van der Waals surface area contributed by atoms with Gasteiger partial charge in [-0.25, -0.2) is 15.0 Å². The summed E-state index contributed by atoms with van der Waals surface area (Å²) < 4.78 is 1.89. The Morgan fingerprint density at radius 2 is 1.87 bits per heavy atom. The fourth-order valence-electron chi connectivity index (χ4n) is 3.86. The predicted molar refractivity (Wildman–Crippen MR) is 121 cm³/mol. The molecule has 7 nitrogen and oxygen atoms in total. The summed E-state index contributed by atoms with van der Waals surface area (Å²) in [5.41, 5.74) is 2.62. The molecule has 1 aliphatic heterocycles. The number of rotatable bonds is 4. The molecule has 0 unspecified atom stereocenters. The number of anilines is 2. The van der Waals surface area contributed by atoms with Crippen molar-refractivity contribution in [2.45, 2.75) is 12.8 Å². The lowest BCUT2D eigenvalue weighted by Crippen LogP contribution is -2.38. The quantitative estimate of drug-likeness (QED) is 0.520. The summed E-state index contributed by atoms with van der Waals surface area (Å²) in [6.07, 6.45) is 8.83. The Morgan fingerprint density at radius 1 is 1.06 bits per heavy atom. The van der Waals surface area contributed by atoms with Crippen LogP contribution in [0.1, 0.15) is 12.8 Å². The van der Waals surface area contributed by atoms with Gasteiger partial charge in [0, 0.05) is 55.0 Å². The molecule has 1 saturated heterocycles. The molecule has 5 rings (SSSR count). The minimum Gasteiger partial charge on any atom is -0.357 e. The predicted octanol–water partition coefficient (Wildman–Crippen LogP) is 4.30. The van der Waals surface area contributed by atoms with E-state index in [4.69, 9.17) is 11.6 Å². The van der Waals surface area contributed by atoms with Crippen LogP contribution in [-0.4, -0.2) is 38.3 Å². The van der Waals surface area contributed by atoms with Crippen molar-refractivity contribution in [1.82, 2.24) is 19.4 Å². The van der Waals surface area contributed by atoms with Crippen molar-refractivity contribution >= 4 is 34.8 Å². The number of aromatic nitrogens is 4. The number of benzene rings is 1. The second kappa shape index (κ2) is 8.35. The van der Waals surface area contributed by atoms with Gasteiger partial charge < -0.3 is 10.2 Å². The van der Waals surface area contributed by atoms with Gasteiger partial charge in [-0.1, -0.05) is 23.7 Å². The lowest BCUT2D eigenvalue weighted by atomic mass is 9.95. The van der Waals surface area contributed by atoms with Crippen molar-refractivity contribution in [1.29, 1.82) is 0 Å². The Kier molecular flexibility index (Phi) is 5.26. The monoisotopic (exact) mass is 432 g/mol. The zero-order chi connectivity index (χ0) is 21.2. The van der Waals surface area contributed by atoms with Crippen LogP contribution in [-0.2, 0) is 4.79 Å². The molecule has 3 aromatic heterocycles. The van der Waals surface area contributed by atoms with Gasteiger partial charge in [-0.3, -0.25) is 9.20 Å². The smallest absolute Gasteiger partial charge is 0.234 e. The lowest BCUT2D eigenvalue weighted by Gasteiger charge is -2.32. The van der Waals surface area contributed by atoms with Crippen molar-refractivity contribution in [3.63, 3.8) is 0 Å². The summed E-state index contributed by atoms with van der Waals surface area (Å²) >= 11 is 5.91. The number of hydrogen-bond acceptors (Lipinski definition) is 5. The van der Waals surface area contributed by atoms with E-state index < -0.39 is 0 Å². The number of fused-ring (bicyclic) bond motifs is 1. The number of carbonyl (C=O) groups is 1. The fraction of sp³-hybridized carbons (Fsp3) is 0.217. The highest BCUT2D eigenvalue weighted by Gasteiger charge is 2.25. The van der Waals surface area contributed by atoms with Gasteiger partial charge in [-0.15, -0.1) is 0 Å². The van der Waals surface area contributed by atoms with Crippen molar-refractivity contribution in [2.24, 2.45) is 5.92 Å². The minimum absolute atomic E-state index is 0.00672. The van der Waals surface area contributed by atoms with Crippen LogP contribution < -0.4 is 10.2 Å². The zero-order valence-corrected chi connectivity index (χ0v) is 17.5. The highest BCUT2D eigenvalue weighted by atomic mass is 35.5. The number of nitrogens with zero attached hydrogens (tertiary/aromatic N) is 5. The van der Waals surface area contributed by atoms with E-state index in [1.165, 1.54) is 0 Å². The summed E-state index contributed by atoms with van der Waals surface area (Å²) in [6.45, 7) is 1.60. The van der Waals surface area contributed by atoms with Crippen LogP contribution in [0.5, 0.6) is 0 Å². The molecular formula is C23H21ClN6O. The average Bonchev–Trinajstić information content (AvgIpc) is 3.24. The van der Waals surface area contributed by atoms with Crippen molar-refractivity contribution in [2.75, 3.05) is 23.3 Å². The first-order valence-corrected chi connectivity index (χ1v) is 10.6. The van der Waals surface area contributed by atoms with Gasteiger partial charge in [-0.05, 0) is 43.2 Å². The van der Waals surface area contributed by atoms with E-state index >= 15 is 0 Å². The number of nitrogens with one attached hydrogen (secondary N) is 1. The first-order valence-electron chi connectivity index (χ1n) is 10.2. The maximum Gasteiger partial charge on any atom is 0.234 e. The van der Waals surface area contributed by atoms with Gasteiger partial charge in [0.25, 0.3) is 0 Å². The van der Waals surface area contributed by atoms with Gasteiger partial charge in [0.2, 0.25) is 11.7 Å². The highest BCUT2D eigenvalue weighted by molar-refractivity contribution is 6.30. The number of halogens is 1. The van der Waals surface area contributed by atoms with Crippen LogP contribution in [0.4, 0.5) is 11.5 Å². The van der Waals surface area contributed by atoms with Crippen molar-refractivity contribution in [3.8, 4) is 11.3 Å². The number of hydrogen-bond donors (Lipinski definition) is 1. The normalized spacial score (nSPS) is 14.7. The SMILES string of the molecule is O=C(Nc1ccc(-c2cn3cccnc3n2)cc1)C1CCN(c2ccc(Cl)cn2)CC1. The van der Waals surface area contributed by atoms with E-state index in [2.05, 4.69) is 25.2 Å². The molecule has 1 aromatic carbocycles. The number of piperidine rings is 1. The largest absolute Gasteiger partial charge is 0.357 e. The molecule has 1 N–H and O–H groups in total. The molecule has 1 fully saturated rings. The molecule has 31 heavy (non-hydrogen) atoms. The van der Waals surface area contributed by atoms with Crippen molar-refractivity contribution in [3.05, 3.63) is 72.3 Å². The van der Waals surface area contributed by atoms with Crippen LogP contribution in [0.15, 0.2) is 67.3 Å². The first kappa shape index (κ1) is 19.5. The van der Waals surface area contributed by atoms with Crippen molar-refractivity contribution < 1.29 is 4.79 Å². The van der Waals surface area contributed by atoms with E-state index in [0.717, 1.165) is 48.7 Å². The number of imidazole rings is 1. The molecule has 8 heteroatoms. The molecule has 4 heterocycles. The second-order valence-electron chi connectivity index (χ2n) is 7.62. The first-order chi connectivity index (χ1) is 15.2. The zero-order valence-electron chi connectivity index (χ0n) is 16.8. The Hall–Kier alpha value is -3.45. The molecule has 0 atom stereocenters. The maximum absolute atomic E-state index is 12.7. The third-order valence-electron chi connectivity index (χ3n) is 5.59. The van der Waals surface area contributed by atoms with Crippen LogP contribution in [0.25, 0.3) is 17.0 Å². The highest BCUT2D eigenvalue weighted by Crippen LogP contribution is 2.25. The van der Waals surface area contributed by atoms with Gasteiger partial charge in [0.1, 0.15) is 5.82 Å². The molecule has 4 aromatic rings. The number of carbonyl (C=O) groups excluding carboxylic acids is 1. The summed E-state index contributed by atoms with van der Waals surface area (Å²) in [4.78, 5) is 28.1. The van der Waals surface area contributed by atoms with E-state index in [0.29, 0.717) is 10.8 Å². The maximum atomic E-state index is 12.7. The molecule has 1 amide bonds. The molecule has 1 aliphatic rings. The summed E-state index contributed by atoms with van der Waals surface area (Å²) in [6, 6.07) is 13.4. The van der Waals surface area contributed by atoms with Crippen LogP contribution in [0.3, 0.4) is 0 Å². The summed E-state index contributed by atoms with van der Waals surface area (Å²) in [5, 5.41) is 3.68. The molecule has 156 valence electrons. The molecule has 0 radical (unpaired) electrons. The molecule has 0 saturated carbocycles. The van der Waals surface area contributed by atoms with Gasteiger partial charge >= 0.3 is 0 Å². The number of amides is 1. The van der Waals surface area contributed by atoms with E-state index in [-0.39, 0.29) is 11.8 Å². The Labute approximate surface area is 184 Å². The van der Waals surface area contributed by atoms with Crippen LogP contribution in [0.2, 0.25) is 5.02 Å². The molecular weight excluding hydrogens is 412 g/mol. The third-order valence-corrected chi connectivity index (χ3v) is 5.81. The van der Waals surface area contributed by atoms with E-state index in [1.807, 2.05) is 59.3 Å². The molecule has 0 spiro atoms. The van der Waals surface area contributed by atoms with Gasteiger partial charge in [0.05, 0.1) is 10.7 Å². The average molecular weight is 433 g/mol. The minimum atomic E-state index is -0.00672. The standard InChI is InChI=1S/C23H21ClN6O/c24-18-4-7-21(26-14-18)29-12-8-17(9-13-29)22(31)27-19-5-2-16(3-6-19)20-15-30-11-1-10-25-23(30)28-20/h1-7,10-11,14-15,17H,8-9,12-13H2,(H,27,31). The molecule has 0 aliphatic carbocycles. The Morgan fingerprint density at radius 3 is 2.58 bits per heavy atom. The fourth-order valence-corrected chi connectivity index (χ4v) is 3.98. The van der Waals surface area contributed by atoms with Gasteiger partial charge in [-0.2, -0.15) is 0 Å². The van der Waals surface area contributed by atoms with E-state index in [9.17, 15) is 4.79 Å². The molecule has 0 bridgehead atoms.